The number of aliphatic hydroxyl groups is 1. The number of nitrogens with zero attached hydrogens (tertiary/aromatic N) is 4. The first-order valence-corrected chi connectivity index (χ1v) is 9.95. The van der Waals surface area contributed by atoms with Gasteiger partial charge in [0, 0.05) is 24.7 Å². The van der Waals surface area contributed by atoms with Crippen molar-refractivity contribution in [2.75, 3.05) is 18.0 Å². The van der Waals surface area contributed by atoms with E-state index >= 15 is 0 Å². The van der Waals surface area contributed by atoms with Gasteiger partial charge in [-0.2, -0.15) is 0 Å². The van der Waals surface area contributed by atoms with Crippen molar-refractivity contribution in [1.82, 2.24) is 9.88 Å². The molecule has 4 heterocycles. The van der Waals surface area contributed by atoms with Crippen LogP contribution in [0.25, 0.3) is 0 Å². The van der Waals surface area contributed by atoms with E-state index in [4.69, 9.17) is 4.74 Å². The number of amides is 1. The van der Waals surface area contributed by atoms with Crippen molar-refractivity contribution >= 4 is 17.6 Å². The van der Waals surface area contributed by atoms with Crippen LogP contribution in [0.2, 0.25) is 0 Å². The van der Waals surface area contributed by atoms with Crippen molar-refractivity contribution < 1.29 is 19.6 Å². The minimum Gasteiger partial charge on any atom is -0.444 e. The molecule has 1 aromatic heterocycles. The molecule has 9 heteroatoms. The Morgan fingerprint density at radius 1 is 1.32 bits per heavy atom. The van der Waals surface area contributed by atoms with Crippen molar-refractivity contribution in [3.63, 3.8) is 0 Å². The Morgan fingerprint density at radius 2 is 2.04 bits per heavy atom. The molecular weight excluding hydrogens is 364 g/mol. The van der Waals surface area contributed by atoms with Gasteiger partial charge in [-0.05, 0) is 51.0 Å². The van der Waals surface area contributed by atoms with Crippen molar-refractivity contribution in [2.24, 2.45) is 0 Å². The maximum atomic E-state index is 12.8. The van der Waals surface area contributed by atoms with Crippen molar-refractivity contribution in [3.8, 4) is 0 Å². The van der Waals surface area contributed by atoms with Crippen LogP contribution in [0.1, 0.15) is 44.1 Å². The van der Waals surface area contributed by atoms with Gasteiger partial charge in [0.1, 0.15) is 18.1 Å². The van der Waals surface area contributed by atoms with E-state index in [-0.39, 0.29) is 36.1 Å². The molecule has 3 aliphatic heterocycles. The van der Waals surface area contributed by atoms with E-state index in [1.165, 1.54) is 12.3 Å². The molecule has 4 rings (SSSR count). The first-order chi connectivity index (χ1) is 13.4. The smallest absolute Gasteiger partial charge is 0.410 e. The van der Waals surface area contributed by atoms with E-state index in [0.717, 1.165) is 37.8 Å². The lowest BCUT2D eigenvalue weighted by atomic mass is 10.0. The van der Waals surface area contributed by atoms with E-state index in [1.807, 2.05) is 16.7 Å². The fraction of sp³-hybridized carbons (Fsp3) is 0.684. The molecular formula is C19H26N4O5. The molecule has 1 amide bonds. The van der Waals surface area contributed by atoms with Gasteiger partial charge in [-0.1, -0.05) is 0 Å². The third-order valence-corrected chi connectivity index (χ3v) is 6.11. The summed E-state index contributed by atoms with van der Waals surface area (Å²) in [5.74, 6) is 0.701. The summed E-state index contributed by atoms with van der Waals surface area (Å²) in [5.41, 5.74) is 0.716. The molecule has 3 fully saturated rings. The van der Waals surface area contributed by atoms with Crippen LogP contribution in [-0.2, 0) is 4.74 Å². The molecule has 2 bridgehead atoms. The van der Waals surface area contributed by atoms with Crippen LogP contribution < -0.4 is 4.90 Å². The second kappa shape index (κ2) is 7.54. The maximum Gasteiger partial charge on any atom is 0.410 e. The minimum atomic E-state index is -0.450. The standard InChI is InChI=1S/C19H26N4O5/c1-12-7-15(23(26)27)10-20-18(12)21-6-2-3-17(11-21)28-19(25)22-13-4-5-14(22)9-16(24)8-13/h7,10,13-14,16-17,24H,2-6,8-9,11H2,1H3. The van der Waals surface area contributed by atoms with Gasteiger partial charge < -0.3 is 19.6 Å². The molecule has 9 nitrogen and oxygen atoms in total. The van der Waals surface area contributed by atoms with E-state index in [9.17, 15) is 20.0 Å². The second-order valence-electron chi connectivity index (χ2n) is 8.10. The number of pyridine rings is 1. The van der Waals surface area contributed by atoms with Crippen molar-refractivity contribution in [3.05, 3.63) is 27.9 Å². The number of hydrogen-bond acceptors (Lipinski definition) is 7. The number of piperidine rings is 2. The predicted octanol–water partition coefficient (Wildman–Crippen LogP) is 2.39. The minimum absolute atomic E-state index is 0.0241. The number of aryl methyl sites for hydroxylation is 1. The normalized spacial score (nSPS) is 29.6. The van der Waals surface area contributed by atoms with Crippen LogP contribution in [0.4, 0.5) is 16.3 Å². The average Bonchev–Trinajstić information content (AvgIpc) is 2.93. The maximum absolute atomic E-state index is 12.8. The average molecular weight is 390 g/mol. The lowest BCUT2D eigenvalue weighted by Crippen LogP contribution is -2.50. The zero-order valence-corrected chi connectivity index (χ0v) is 16.0. The number of rotatable bonds is 3. The SMILES string of the molecule is Cc1cc([N+](=O)[O-])cnc1N1CCCC(OC(=O)N2C3CCC2CC(O)C3)C1. The zero-order chi connectivity index (χ0) is 19.8. The Balaban J connectivity index is 1.40. The van der Waals surface area contributed by atoms with Crippen LogP contribution in [0, 0.1) is 17.0 Å². The predicted molar refractivity (Wildman–Crippen MR) is 101 cm³/mol. The monoisotopic (exact) mass is 390 g/mol. The molecule has 3 aliphatic rings. The zero-order valence-electron chi connectivity index (χ0n) is 16.0. The molecule has 0 radical (unpaired) electrons. The van der Waals surface area contributed by atoms with Crippen LogP contribution in [-0.4, -0.2) is 63.4 Å². The van der Waals surface area contributed by atoms with Gasteiger partial charge in [0.05, 0.1) is 17.6 Å². The van der Waals surface area contributed by atoms with Gasteiger partial charge >= 0.3 is 6.09 Å². The number of aromatic nitrogens is 1. The third kappa shape index (κ3) is 3.63. The Hall–Kier alpha value is -2.42. The lowest BCUT2D eigenvalue weighted by molar-refractivity contribution is -0.385. The van der Waals surface area contributed by atoms with Gasteiger partial charge in [-0.25, -0.2) is 9.78 Å². The summed E-state index contributed by atoms with van der Waals surface area (Å²) in [6.07, 6.45) is 5.23. The second-order valence-corrected chi connectivity index (χ2v) is 8.10. The van der Waals surface area contributed by atoms with Crippen LogP contribution >= 0.6 is 0 Å². The first-order valence-electron chi connectivity index (χ1n) is 9.95. The number of aliphatic hydroxyl groups excluding tert-OH is 1. The molecule has 1 aromatic rings. The number of hydrogen-bond donors (Lipinski definition) is 1. The van der Waals surface area contributed by atoms with Crippen molar-refractivity contribution in [1.29, 1.82) is 0 Å². The molecule has 3 unspecified atom stereocenters. The molecule has 0 aliphatic carbocycles. The fourth-order valence-corrected chi connectivity index (χ4v) is 4.86. The summed E-state index contributed by atoms with van der Waals surface area (Å²) in [6, 6.07) is 1.69. The topological polar surface area (TPSA) is 109 Å². The Labute approximate surface area is 163 Å². The number of ether oxygens (including phenoxy) is 1. The highest BCUT2D eigenvalue weighted by molar-refractivity contribution is 5.69. The fourth-order valence-electron chi connectivity index (χ4n) is 4.86. The number of anilines is 1. The number of carbonyl (C=O) groups excluding carboxylic acids is 1. The molecule has 0 saturated carbocycles. The first kappa shape index (κ1) is 18.9. The van der Waals surface area contributed by atoms with Gasteiger partial charge in [-0.3, -0.25) is 10.1 Å². The number of carbonyl (C=O) groups is 1. The van der Waals surface area contributed by atoms with Crippen LogP contribution in [0.15, 0.2) is 12.3 Å². The van der Waals surface area contributed by atoms with Gasteiger partial charge in [0.15, 0.2) is 0 Å². The van der Waals surface area contributed by atoms with E-state index in [1.54, 1.807) is 0 Å². The lowest BCUT2D eigenvalue weighted by Gasteiger charge is -2.39. The molecule has 0 spiro atoms. The number of nitro groups is 1. The summed E-state index contributed by atoms with van der Waals surface area (Å²) >= 11 is 0. The molecule has 3 saturated heterocycles. The van der Waals surface area contributed by atoms with Crippen LogP contribution in [0.5, 0.6) is 0 Å². The summed E-state index contributed by atoms with van der Waals surface area (Å²) in [7, 11) is 0. The highest BCUT2D eigenvalue weighted by Gasteiger charge is 2.44. The number of fused-ring (bicyclic) bond motifs is 2. The largest absolute Gasteiger partial charge is 0.444 e. The Kier molecular flexibility index (Phi) is 5.09. The Bertz CT molecular complexity index is 759. The summed E-state index contributed by atoms with van der Waals surface area (Å²) in [6.45, 7) is 3.12. The Morgan fingerprint density at radius 3 is 2.68 bits per heavy atom. The molecule has 152 valence electrons. The summed E-state index contributed by atoms with van der Waals surface area (Å²) in [4.78, 5) is 31.4. The molecule has 3 atom stereocenters. The van der Waals surface area contributed by atoms with Gasteiger partial charge in [-0.15, -0.1) is 0 Å². The van der Waals surface area contributed by atoms with E-state index in [0.29, 0.717) is 25.2 Å². The highest BCUT2D eigenvalue weighted by Crippen LogP contribution is 2.36. The molecule has 0 aromatic carbocycles. The van der Waals surface area contributed by atoms with Crippen LogP contribution in [0.3, 0.4) is 0 Å². The molecule has 28 heavy (non-hydrogen) atoms. The van der Waals surface area contributed by atoms with Gasteiger partial charge in [0.2, 0.25) is 0 Å². The van der Waals surface area contributed by atoms with Crippen molar-refractivity contribution in [2.45, 2.75) is 69.7 Å². The quantitative estimate of drug-likeness (QED) is 0.623. The third-order valence-electron chi connectivity index (χ3n) is 6.11. The van der Waals surface area contributed by atoms with E-state index < -0.39 is 4.92 Å². The summed E-state index contributed by atoms with van der Waals surface area (Å²) < 4.78 is 5.83. The highest BCUT2D eigenvalue weighted by atomic mass is 16.6. The molecule has 1 N–H and O–H groups in total. The van der Waals surface area contributed by atoms with Gasteiger partial charge in [0.25, 0.3) is 5.69 Å². The van der Waals surface area contributed by atoms with E-state index in [2.05, 4.69) is 4.98 Å². The summed E-state index contributed by atoms with van der Waals surface area (Å²) in [5, 5.41) is 20.8.